The Morgan fingerprint density at radius 3 is 2.38 bits per heavy atom. The molecule has 138 valence electrons. The number of carbonyl (C=O) groups is 1. The van der Waals surface area contributed by atoms with Gasteiger partial charge in [0.1, 0.15) is 5.54 Å². The standard InChI is InChI=1S/C23H30N2O/c1-4-15-6-5-7-16(8-15)14-24-23(2,3)22(26)25(24)21-19-10-17-9-18(12-19)13-20(21)11-17/h4-8,17-21H,1,9-14H2,2-3H3. The molecule has 0 unspecified atom stereocenters. The van der Waals surface area contributed by atoms with Crippen molar-refractivity contribution in [1.29, 1.82) is 0 Å². The largest absolute Gasteiger partial charge is 0.271 e. The van der Waals surface area contributed by atoms with Gasteiger partial charge in [0.25, 0.3) is 5.91 Å². The van der Waals surface area contributed by atoms with E-state index in [9.17, 15) is 4.79 Å². The van der Waals surface area contributed by atoms with Crippen LogP contribution in [0.1, 0.15) is 57.1 Å². The van der Waals surface area contributed by atoms with Crippen LogP contribution in [0.5, 0.6) is 0 Å². The van der Waals surface area contributed by atoms with Gasteiger partial charge >= 0.3 is 0 Å². The van der Waals surface area contributed by atoms with Gasteiger partial charge in [-0.1, -0.05) is 36.9 Å². The Morgan fingerprint density at radius 1 is 1.12 bits per heavy atom. The molecule has 0 N–H and O–H groups in total. The van der Waals surface area contributed by atoms with Crippen molar-refractivity contribution < 1.29 is 4.79 Å². The molecule has 1 aliphatic heterocycles. The van der Waals surface area contributed by atoms with Gasteiger partial charge < -0.3 is 0 Å². The first-order valence-electron chi connectivity index (χ1n) is 10.3. The van der Waals surface area contributed by atoms with Gasteiger partial charge in [-0.2, -0.15) is 5.01 Å². The van der Waals surface area contributed by atoms with E-state index in [1.807, 2.05) is 6.08 Å². The van der Waals surface area contributed by atoms with Crippen molar-refractivity contribution in [3.8, 4) is 0 Å². The Labute approximate surface area is 157 Å². The lowest BCUT2D eigenvalue weighted by Crippen LogP contribution is -2.79. The normalized spacial score (nSPS) is 37.7. The van der Waals surface area contributed by atoms with Crippen molar-refractivity contribution in [1.82, 2.24) is 10.0 Å². The fraction of sp³-hybridized carbons (Fsp3) is 0.609. The number of amides is 1. The van der Waals surface area contributed by atoms with Gasteiger partial charge in [-0.25, -0.2) is 0 Å². The highest BCUT2D eigenvalue weighted by atomic mass is 16.2. The van der Waals surface area contributed by atoms with Crippen LogP contribution < -0.4 is 0 Å². The second kappa shape index (κ2) is 5.69. The molecule has 26 heavy (non-hydrogen) atoms. The number of hydrogen-bond donors (Lipinski definition) is 0. The number of carbonyl (C=O) groups excluding carboxylic acids is 1. The molecule has 5 aliphatic rings. The summed E-state index contributed by atoms with van der Waals surface area (Å²) in [6.45, 7) is 8.86. The molecule has 1 amide bonds. The van der Waals surface area contributed by atoms with Crippen LogP contribution >= 0.6 is 0 Å². The third-order valence-corrected chi connectivity index (χ3v) is 7.62. The van der Waals surface area contributed by atoms with Crippen LogP contribution in [0.3, 0.4) is 0 Å². The molecule has 4 bridgehead atoms. The van der Waals surface area contributed by atoms with E-state index in [4.69, 9.17) is 0 Å². The van der Waals surface area contributed by atoms with Gasteiger partial charge in [0.15, 0.2) is 0 Å². The van der Waals surface area contributed by atoms with Crippen molar-refractivity contribution in [3.05, 3.63) is 42.0 Å². The quantitative estimate of drug-likeness (QED) is 0.799. The Balaban J connectivity index is 1.42. The van der Waals surface area contributed by atoms with E-state index in [2.05, 4.69) is 54.7 Å². The molecule has 0 radical (unpaired) electrons. The zero-order valence-electron chi connectivity index (χ0n) is 16.0. The van der Waals surface area contributed by atoms with Crippen LogP contribution in [0.2, 0.25) is 0 Å². The highest BCUT2D eigenvalue weighted by molar-refractivity contribution is 5.90. The number of hydrazine groups is 1. The Bertz CT molecular complexity index is 724. The maximum absolute atomic E-state index is 13.1. The van der Waals surface area contributed by atoms with E-state index in [1.165, 1.54) is 37.7 Å². The van der Waals surface area contributed by atoms with Gasteiger partial charge in [0.05, 0.1) is 6.04 Å². The topological polar surface area (TPSA) is 23.6 Å². The van der Waals surface area contributed by atoms with Gasteiger partial charge in [-0.05, 0) is 80.8 Å². The van der Waals surface area contributed by atoms with E-state index in [0.717, 1.165) is 35.8 Å². The Hall–Kier alpha value is -1.61. The van der Waals surface area contributed by atoms with Gasteiger partial charge in [-0.3, -0.25) is 9.80 Å². The van der Waals surface area contributed by atoms with Crippen LogP contribution in [-0.4, -0.2) is 27.5 Å². The lowest BCUT2D eigenvalue weighted by atomic mass is 9.53. The molecule has 0 atom stereocenters. The summed E-state index contributed by atoms with van der Waals surface area (Å²) in [4.78, 5) is 13.1. The molecule has 1 heterocycles. The van der Waals surface area contributed by atoms with Crippen LogP contribution in [0.15, 0.2) is 30.8 Å². The number of rotatable bonds is 4. The minimum absolute atomic E-state index is 0.329. The average Bonchev–Trinajstić information content (AvgIpc) is 2.62. The molecule has 1 aromatic rings. The van der Waals surface area contributed by atoms with Gasteiger partial charge in [0.2, 0.25) is 0 Å². The second-order valence-electron chi connectivity index (χ2n) is 9.64. The van der Waals surface area contributed by atoms with E-state index in [-0.39, 0.29) is 0 Å². The zero-order chi connectivity index (χ0) is 18.1. The monoisotopic (exact) mass is 350 g/mol. The Kier molecular flexibility index (Phi) is 3.62. The van der Waals surface area contributed by atoms with Crippen LogP contribution in [0.4, 0.5) is 0 Å². The fourth-order valence-electron chi connectivity index (χ4n) is 6.58. The average molecular weight is 351 g/mol. The smallest absolute Gasteiger partial charge is 0.258 e. The molecule has 1 aromatic carbocycles. The molecular weight excluding hydrogens is 320 g/mol. The molecule has 3 nitrogen and oxygen atoms in total. The predicted molar refractivity (Wildman–Crippen MR) is 104 cm³/mol. The molecule has 4 aliphatic carbocycles. The van der Waals surface area contributed by atoms with Crippen molar-refractivity contribution in [3.63, 3.8) is 0 Å². The molecule has 5 fully saturated rings. The van der Waals surface area contributed by atoms with E-state index in [0.29, 0.717) is 11.9 Å². The minimum Gasteiger partial charge on any atom is -0.271 e. The van der Waals surface area contributed by atoms with Crippen LogP contribution in [0, 0.1) is 23.7 Å². The van der Waals surface area contributed by atoms with Crippen molar-refractivity contribution in [2.24, 2.45) is 23.7 Å². The molecular formula is C23H30N2O. The summed E-state index contributed by atoms with van der Waals surface area (Å²) in [7, 11) is 0. The maximum atomic E-state index is 13.1. The number of benzene rings is 1. The first kappa shape index (κ1) is 16.6. The zero-order valence-corrected chi connectivity index (χ0v) is 16.0. The number of nitrogens with zero attached hydrogens (tertiary/aromatic N) is 2. The molecule has 0 aromatic heterocycles. The lowest BCUT2D eigenvalue weighted by Gasteiger charge is -2.65. The fourth-order valence-corrected chi connectivity index (χ4v) is 6.58. The molecule has 4 saturated carbocycles. The maximum Gasteiger partial charge on any atom is 0.258 e. The van der Waals surface area contributed by atoms with Crippen LogP contribution in [0.25, 0.3) is 6.08 Å². The third-order valence-electron chi connectivity index (χ3n) is 7.62. The van der Waals surface area contributed by atoms with Crippen molar-refractivity contribution in [2.75, 3.05) is 0 Å². The summed E-state index contributed by atoms with van der Waals surface area (Å²) < 4.78 is 0. The van der Waals surface area contributed by atoms with Gasteiger partial charge in [-0.15, -0.1) is 0 Å². The molecule has 6 rings (SSSR count). The first-order valence-corrected chi connectivity index (χ1v) is 10.3. The Morgan fingerprint density at radius 2 is 1.77 bits per heavy atom. The summed E-state index contributed by atoms with van der Waals surface area (Å²) in [6.07, 6.45) is 8.75. The molecule has 1 saturated heterocycles. The minimum atomic E-state index is -0.390. The summed E-state index contributed by atoms with van der Waals surface area (Å²) in [5.74, 6) is 3.67. The predicted octanol–water partition coefficient (Wildman–Crippen LogP) is 4.49. The summed E-state index contributed by atoms with van der Waals surface area (Å²) in [6, 6.07) is 8.99. The lowest BCUT2D eigenvalue weighted by molar-refractivity contribution is -0.251. The second-order valence-corrected chi connectivity index (χ2v) is 9.64. The molecule has 3 heteroatoms. The van der Waals surface area contributed by atoms with E-state index in [1.54, 1.807) is 0 Å². The van der Waals surface area contributed by atoms with Crippen molar-refractivity contribution in [2.45, 2.75) is 64.1 Å². The SMILES string of the molecule is C=Cc1cccc(CN2N(C3C4CC5CC(C4)CC3C5)C(=O)C2(C)C)c1. The van der Waals surface area contributed by atoms with Crippen molar-refractivity contribution >= 4 is 12.0 Å². The van der Waals surface area contributed by atoms with E-state index >= 15 is 0 Å². The molecule has 0 spiro atoms. The summed E-state index contributed by atoms with van der Waals surface area (Å²) >= 11 is 0. The van der Waals surface area contributed by atoms with Gasteiger partial charge in [0, 0.05) is 6.54 Å². The van der Waals surface area contributed by atoms with Crippen LogP contribution in [-0.2, 0) is 11.3 Å². The number of hydrogen-bond acceptors (Lipinski definition) is 2. The van der Waals surface area contributed by atoms with E-state index < -0.39 is 5.54 Å². The third kappa shape index (κ3) is 2.32. The first-order chi connectivity index (χ1) is 12.5. The highest BCUT2D eigenvalue weighted by Crippen LogP contribution is 2.57. The highest BCUT2D eigenvalue weighted by Gasteiger charge is 2.60. The summed E-state index contributed by atoms with van der Waals surface area (Å²) in [5, 5.41) is 4.54. The summed E-state index contributed by atoms with van der Waals surface area (Å²) in [5.41, 5.74) is 2.02.